The van der Waals surface area contributed by atoms with Crippen molar-refractivity contribution in [3.05, 3.63) is 47.8 Å². The van der Waals surface area contributed by atoms with Gasteiger partial charge in [-0.1, -0.05) is 6.42 Å². The Bertz CT molecular complexity index is 676. The van der Waals surface area contributed by atoms with Crippen molar-refractivity contribution >= 4 is 0 Å². The zero-order valence-corrected chi connectivity index (χ0v) is 12.2. The van der Waals surface area contributed by atoms with Crippen LogP contribution in [0.3, 0.4) is 0 Å². The van der Waals surface area contributed by atoms with Gasteiger partial charge in [-0.05, 0) is 48.7 Å². The van der Waals surface area contributed by atoms with E-state index in [1.807, 2.05) is 6.07 Å². The smallest absolute Gasteiger partial charge is 0.214 e. The van der Waals surface area contributed by atoms with Crippen LogP contribution in [0.25, 0.3) is 11.3 Å². The maximum atomic E-state index is 13.1. The predicted octanol–water partition coefficient (Wildman–Crippen LogP) is 3.56. The molecule has 2 aliphatic rings. The summed E-state index contributed by atoms with van der Waals surface area (Å²) >= 11 is 0. The van der Waals surface area contributed by atoms with Crippen molar-refractivity contribution in [1.82, 2.24) is 4.98 Å². The highest BCUT2D eigenvalue weighted by atomic mass is 19.1. The van der Waals surface area contributed by atoms with Crippen LogP contribution in [-0.2, 0) is 6.61 Å². The number of rotatable bonds is 4. The van der Waals surface area contributed by atoms with Crippen LogP contribution in [0.1, 0.15) is 24.8 Å². The average Bonchev–Trinajstić information content (AvgIpc) is 2.97. The first-order valence-corrected chi connectivity index (χ1v) is 7.79. The molecule has 2 aliphatic carbocycles. The van der Waals surface area contributed by atoms with Crippen LogP contribution in [0.5, 0.6) is 5.88 Å². The molecule has 0 radical (unpaired) electrons. The second-order valence-corrected chi connectivity index (χ2v) is 6.20. The third-order valence-corrected chi connectivity index (χ3v) is 4.77. The minimum absolute atomic E-state index is 0.0649. The Morgan fingerprint density at radius 3 is 2.55 bits per heavy atom. The van der Waals surface area contributed by atoms with E-state index in [4.69, 9.17) is 4.74 Å². The Kier molecular flexibility index (Phi) is 3.34. The summed E-state index contributed by atoms with van der Waals surface area (Å²) < 4.78 is 19.1. The lowest BCUT2D eigenvalue weighted by molar-refractivity contribution is 0.245. The van der Waals surface area contributed by atoms with Crippen LogP contribution in [0.2, 0.25) is 0 Å². The molecular formula is C18H18FNO2. The monoisotopic (exact) mass is 299 g/mol. The van der Waals surface area contributed by atoms with Crippen molar-refractivity contribution < 1.29 is 14.2 Å². The van der Waals surface area contributed by atoms with Gasteiger partial charge in [0, 0.05) is 23.5 Å². The van der Waals surface area contributed by atoms with E-state index in [-0.39, 0.29) is 18.5 Å². The maximum absolute atomic E-state index is 13.1. The largest absolute Gasteiger partial charge is 0.474 e. The van der Waals surface area contributed by atoms with Crippen molar-refractivity contribution in [3.63, 3.8) is 0 Å². The zero-order chi connectivity index (χ0) is 15.1. The molecule has 0 aliphatic heterocycles. The molecule has 2 saturated carbocycles. The first-order valence-electron chi connectivity index (χ1n) is 7.79. The Morgan fingerprint density at radius 2 is 1.86 bits per heavy atom. The number of nitrogens with zero attached hydrogens (tertiary/aromatic N) is 1. The third kappa shape index (κ3) is 2.48. The van der Waals surface area contributed by atoms with Gasteiger partial charge in [0.15, 0.2) is 0 Å². The summed E-state index contributed by atoms with van der Waals surface area (Å²) in [4.78, 5) is 4.53. The van der Waals surface area contributed by atoms with E-state index in [9.17, 15) is 9.50 Å². The molecular weight excluding hydrogens is 281 g/mol. The van der Waals surface area contributed by atoms with Gasteiger partial charge in [0.25, 0.3) is 0 Å². The SMILES string of the molecule is OCc1cc(O[C@H]2[C@@H]3CCC[C@@H]32)nc(-c2ccc(F)cc2)c1. The molecule has 2 aromatic rings. The molecule has 0 amide bonds. The van der Waals surface area contributed by atoms with Gasteiger partial charge in [-0.2, -0.15) is 0 Å². The van der Waals surface area contributed by atoms with Gasteiger partial charge in [-0.3, -0.25) is 0 Å². The molecule has 0 unspecified atom stereocenters. The fourth-order valence-corrected chi connectivity index (χ4v) is 3.55. The van der Waals surface area contributed by atoms with E-state index in [1.54, 1.807) is 18.2 Å². The Labute approximate surface area is 128 Å². The summed E-state index contributed by atoms with van der Waals surface area (Å²) in [5.74, 6) is 1.66. The highest BCUT2D eigenvalue weighted by molar-refractivity contribution is 5.60. The van der Waals surface area contributed by atoms with Gasteiger partial charge in [0.05, 0.1) is 12.3 Å². The van der Waals surface area contributed by atoms with Gasteiger partial charge < -0.3 is 9.84 Å². The number of pyridine rings is 1. The Morgan fingerprint density at radius 1 is 1.14 bits per heavy atom. The van der Waals surface area contributed by atoms with E-state index in [2.05, 4.69) is 4.98 Å². The molecule has 1 aromatic carbocycles. The van der Waals surface area contributed by atoms with E-state index < -0.39 is 0 Å². The summed E-state index contributed by atoms with van der Waals surface area (Å²) in [6, 6.07) is 9.81. The normalized spacial score (nSPS) is 25.8. The molecule has 4 rings (SSSR count). The summed E-state index contributed by atoms with van der Waals surface area (Å²) in [6.07, 6.45) is 4.09. The quantitative estimate of drug-likeness (QED) is 0.938. The number of aliphatic hydroxyl groups excluding tert-OH is 1. The van der Waals surface area contributed by atoms with Gasteiger partial charge in [-0.25, -0.2) is 9.37 Å². The van der Waals surface area contributed by atoms with Crippen LogP contribution in [0, 0.1) is 17.7 Å². The Hall–Kier alpha value is -1.94. The lowest BCUT2D eigenvalue weighted by atomic mass is 10.1. The molecule has 4 heteroatoms. The highest BCUT2D eigenvalue weighted by Gasteiger charge is 2.55. The van der Waals surface area contributed by atoms with Crippen molar-refractivity contribution in [1.29, 1.82) is 0 Å². The van der Waals surface area contributed by atoms with E-state index in [1.165, 1.54) is 31.4 Å². The second kappa shape index (κ2) is 5.36. The van der Waals surface area contributed by atoms with E-state index >= 15 is 0 Å². The lowest BCUT2D eigenvalue weighted by Crippen LogP contribution is -2.06. The summed E-state index contributed by atoms with van der Waals surface area (Å²) in [7, 11) is 0. The molecule has 2 fully saturated rings. The Balaban J connectivity index is 1.61. The number of hydrogen-bond acceptors (Lipinski definition) is 3. The molecule has 1 N–H and O–H groups in total. The van der Waals surface area contributed by atoms with Crippen LogP contribution in [0.4, 0.5) is 4.39 Å². The molecule has 3 nitrogen and oxygen atoms in total. The first-order chi connectivity index (χ1) is 10.7. The lowest BCUT2D eigenvalue weighted by Gasteiger charge is -2.11. The molecule has 0 bridgehead atoms. The number of fused-ring (bicyclic) bond motifs is 1. The maximum Gasteiger partial charge on any atom is 0.214 e. The number of hydrogen-bond donors (Lipinski definition) is 1. The number of halogens is 1. The van der Waals surface area contributed by atoms with Gasteiger partial charge in [-0.15, -0.1) is 0 Å². The van der Waals surface area contributed by atoms with E-state index in [0.29, 0.717) is 23.4 Å². The zero-order valence-electron chi connectivity index (χ0n) is 12.2. The number of aliphatic hydroxyl groups is 1. The van der Waals surface area contributed by atoms with Crippen molar-refractivity contribution in [3.8, 4) is 17.1 Å². The first kappa shape index (κ1) is 13.7. The molecule has 22 heavy (non-hydrogen) atoms. The molecule has 0 saturated heterocycles. The van der Waals surface area contributed by atoms with Gasteiger partial charge in [0.2, 0.25) is 5.88 Å². The topological polar surface area (TPSA) is 42.4 Å². The molecule has 1 aromatic heterocycles. The fourth-order valence-electron chi connectivity index (χ4n) is 3.55. The van der Waals surface area contributed by atoms with Crippen molar-refractivity contribution in [2.45, 2.75) is 32.0 Å². The van der Waals surface area contributed by atoms with Gasteiger partial charge >= 0.3 is 0 Å². The number of ether oxygens (including phenoxy) is 1. The van der Waals surface area contributed by atoms with Crippen LogP contribution in [-0.4, -0.2) is 16.2 Å². The third-order valence-electron chi connectivity index (χ3n) is 4.77. The highest BCUT2D eigenvalue weighted by Crippen LogP contribution is 2.53. The van der Waals surface area contributed by atoms with Crippen LogP contribution < -0.4 is 4.74 Å². The molecule has 0 spiro atoms. The number of aromatic nitrogens is 1. The van der Waals surface area contributed by atoms with Crippen molar-refractivity contribution in [2.75, 3.05) is 0 Å². The average molecular weight is 299 g/mol. The fraction of sp³-hybridized carbons (Fsp3) is 0.389. The number of benzene rings is 1. The molecule has 3 atom stereocenters. The van der Waals surface area contributed by atoms with Gasteiger partial charge in [0.1, 0.15) is 11.9 Å². The van der Waals surface area contributed by atoms with Crippen LogP contribution in [0.15, 0.2) is 36.4 Å². The van der Waals surface area contributed by atoms with Crippen molar-refractivity contribution in [2.24, 2.45) is 11.8 Å². The summed E-state index contributed by atoms with van der Waals surface area (Å²) in [5, 5.41) is 9.45. The predicted molar refractivity (Wildman–Crippen MR) is 80.8 cm³/mol. The van der Waals surface area contributed by atoms with Crippen LogP contribution >= 0.6 is 0 Å². The molecule has 1 heterocycles. The van der Waals surface area contributed by atoms with E-state index in [0.717, 1.165) is 11.1 Å². The summed E-state index contributed by atoms with van der Waals surface area (Å²) in [5.41, 5.74) is 2.28. The summed E-state index contributed by atoms with van der Waals surface area (Å²) in [6.45, 7) is -0.0649. The molecule has 114 valence electrons. The minimum atomic E-state index is -0.274. The standard InChI is InChI=1S/C18H18FNO2/c19-13-6-4-12(5-7-13)16-8-11(10-21)9-17(20-16)22-18-14-2-1-3-15(14)18/h4-9,14-15,18,21H,1-3,10H2/t14-,15+,18+. The second-order valence-electron chi connectivity index (χ2n) is 6.20. The minimum Gasteiger partial charge on any atom is -0.474 e.